The molecule has 104 valence electrons. The van der Waals surface area contributed by atoms with Crippen molar-refractivity contribution in [3.8, 4) is 5.75 Å². The molecule has 1 unspecified atom stereocenters. The van der Waals surface area contributed by atoms with Crippen LogP contribution in [0.3, 0.4) is 0 Å². The molecule has 19 heavy (non-hydrogen) atoms. The van der Waals surface area contributed by atoms with Crippen molar-refractivity contribution in [3.05, 3.63) is 33.9 Å². The molecular weight excluding hydrogens is 248 g/mol. The van der Waals surface area contributed by atoms with Gasteiger partial charge in [-0.1, -0.05) is 0 Å². The maximum absolute atomic E-state index is 10.7. The summed E-state index contributed by atoms with van der Waals surface area (Å²) >= 11 is 0. The Morgan fingerprint density at radius 1 is 1.53 bits per heavy atom. The number of non-ortho nitro benzene ring substituents is 1. The summed E-state index contributed by atoms with van der Waals surface area (Å²) in [6.45, 7) is 1.59. The molecule has 2 rings (SSSR count). The van der Waals surface area contributed by atoms with Crippen molar-refractivity contribution in [2.24, 2.45) is 5.73 Å². The van der Waals surface area contributed by atoms with E-state index in [2.05, 4.69) is 0 Å². The van der Waals surface area contributed by atoms with Crippen molar-refractivity contribution < 1.29 is 14.4 Å². The largest absolute Gasteiger partial charge is 0.493 e. The molecule has 0 aromatic heterocycles. The highest BCUT2D eigenvalue weighted by Crippen LogP contribution is 2.24. The number of hydrogen-bond acceptors (Lipinski definition) is 5. The van der Waals surface area contributed by atoms with Gasteiger partial charge in [0.05, 0.1) is 17.6 Å². The monoisotopic (exact) mass is 266 g/mol. The molecule has 1 saturated heterocycles. The van der Waals surface area contributed by atoms with E-state index in [-0.39, 0.29) is 18.3 Å². The van der Waals surface area contributed by atoms with Crippen LogP contribution in [0.25, 0.3) is 0 Å². The van der Waals surface area contributed by atoms with Crippen molar-refractivity contribution in [1.82, 2.24) is 0 Å². The fourth-order valence-corrected chi connectivity index (χ4v) is 2.15. The molecule has 1 aromatic rings. The van der Waals surface area contributed by atoms with Gasteiger partial charge in [-0.15, -0.1) is 0 Å². The summed E-state index contributed by atoms with van der Waals surface area (Å²) in [4.78, 5) is 10.2. The molecule has 6 heteroatoms. The first kappa shape index (κ1) is 13.8. The van der Waals surface area contributed by atoms with E-state index in [0.717, 1.165) is 25.9 Å². The van der Waals surface area contributed by atoms with Crippen molar-refractivity contribution in [2.45, 2.75) is 31.9 Å². The average Bonchev–Trinajstić information content (AvgIpc) is 2.92. The lowest BCUT2D eigenvalue weighted by molar-refractivity contribution is -0.384. The van der Waals surface area contributed by atoms with Crippen LogP contribution in [0.5, 0.6) is 5.75 Å². The SMILES string of the molecule is NCc1cc([N+](=O)[O-])ccc1OCCC1CCCO1. The quantitative estimate of drug-likeness (QED) is 0.628. The van der Waals surface area contributed by atoms with Crippen LogP contribution in [-0.4, -0.2) is 24.2 Å². The van der Waals surface area contributed by atoms with Crippen molar-refractivity contribution >= 4 is 5.69 Å². The first-order chi connectivity index (χ1) is 9.20. The second-order valence-corrected chi connectivity index (χ2v) is 4.53. The van der Waals surface area contributed by atoms with Gasteiger partial charge in [0.1, 0.15) is 5.75 Å². The highest BCUT2D eigenvalue weighted by Gasteiger charge is 2.16. The average molecular weight is 266 g/mol. The maximum atomic E-state index is 10.7. The molecule has 1 fully saturated rings. The van der Waals surface area contributed by atoms with Crippen molar-refractivity contribution in [1.29, 1.82) is 0 Å². The van der Waals surface area contributed by atoms with Gasteiger partial charge in [0.2, 0.25) is 0 Å². The third kappa shape index (κ3) is 3.65. The maximum Gasteiger partial charge on any atom is 0.270 e. The van der Waals surface area contributed by atoms with E-state index in [4.69, 9.17) is 15.2 Å². The van der Waals surface area contributed by atoms with Crippen LogP contribution < -0.4 is 10.5 Å². The second kappa shape index (κ2) is 6.49. The summed E-state index contributed by atoms with van der Waals surface area (Å²) in [5.41, 5.74) is 6.27. The zero-order valence-electron chi connectivity index (χ0n) is 10.7. The zero-order chi connectivity index (χ0) is 13.7. The van der Waals surface area contributed by atoms with Gasteiger partial charge in [-0.3, -0.25) is 10.1 Å². The Balaban J connectivity index is 1.93. The van der Waals surface area contributed by atoms with E-state index in [0.29, 0.717) is 17.9 Å². The molecule has 6 nitrogen and oxygen atoms in total. The number of nitrogens with zero attached hydrogens (tertiary/aromatic N) is 1. The van der Waals surface area contributed by atoms with Gasteiger partial charge in [0.25, 0.3) is 5.69 Å². The van der Waals surface area contributed by atoms with E-state index in [1.807, 2.05) is 0 Å². The van der Waals surface area contributed by atoms with Crippen LogP contribution in [0, 0.1) is 10.1 Å². The molecule has 0 radical (unpaired) electrons. The minimum absolute atomic E-state index is 0.0342. The van der Waals surface area contributed by atoms with E-state index in [9.17, 15) is 10.1 Å². The summed E-state index contributed by atoms with van der Waals surface area (Å²) < 4.78 is 11.1. The number of hydrogen-bond donors (Lipinski definition) is 1. The van der Waals surface area contributed by atoms with Gasteiger partial charge < -0.3 is 15.2 Å². The highest BCUT2D eigenvalue weighted by atomic mass is 16.6. The lowest BCUT2D eigenvalue weighted by Crippen LogP contribution is -2.12. The molecule has 2 N–H and O–H groups in total. The summed E-state index contributed by atoms with van der Waals surface area (Å²) in [6.07, 6.45) is 3.30. The summed E-state index contributed by atoms with van der Waals surface area (Å²) in [5.74, 6) is 0.617. The fraction of sp³-hybridized carbons (Fsp3) is 0.538. The molecular formula is C13H18N2O4. The predicted molar refractivity (Wildman–Crippen MR) is 70.1 cm³/mol. The van der Waals surface area contributed by atoms with Crippen LogP contribution in [0.4, 0.5) is 5.69 Å². The van der Waals surface area contributed by atoms with E-state index in [1.165, 1.54) is 12.1 Å². The molecule has 1 aliphatic heterocycles. The van der Waals surface area contributed by atoms with E-state index in [1.54, 1.807) is 6.07 Å². The minimum Gasteiger partial charge on any atom is -0.493 e. The van der Waals surface area contributed by atoms with Crippen LogP contribution >= 0.6 is 0 Å². The normalized spacial score (nSPS) is 18.5. The number of nitro groups is 1. The molecule has 0 saturated carbocycles. The van der Waals surface area contributed by atoms with Gasteiger partial charge in [-0.25, -0.2) is 0 Å². The molecule has 1 aliphatic rings. The molecule has 0 bridgehead atoms. The van der Waals surface area contributed by atoms with Crippen LogP contribution in [0.1, 0.15) is 24.8 Å². The molecule has 0 spiro atoms. The third-order valence-corrected chi connectivity index (χ3v) is 3.20. The Kier molecular flexibility index (Phi) is 4.70. The standard InChI is InChI=1S/C13H18N2O4/c14-9-10-8-11(15(16)17)3-4-13(10)19-7-5-12-2-1-6-18-12/h3-4,8,12H,1-2,5-7,9,14H2. The Morgan fingerprint density at radius 3 is 3.00 bits per heavy atom. The van der Waals surface area contributed by atoms with Crippen molar-refractivity contribution in [2.75, 3.05) is 13.2 Å². The van der Waals surface area contributed by atoms with E-state index < -0.39 is 4.92 Å². The minimum atomic E-state index is -0.435. The van der Waals surface area contributed by atoms with Crippen LogP contribution in [0.2, 0.25) is 0 Å². The van der Waals surface area contributed by atoms with Gasteiger partial charge >= 0.3 is 0 Å². The number of rotatable bonds is 6. The molecule has 0 amide bonds. The Bertz CT molecular complexity index is 444. The molecule has 1 aromatic carbocycles. The topological polar surface area (TPSA) is 87.6 Å². The Hall–Kier alpha value is -1.66. The lowest BCUT2D eigenvalue weighted by atomic mass is 10.1. The Labute approximate surface area is 111 Å². The second-order valence-electron chi connectivity index (χ2n) is 4.53. The lowest BCUT2D eigenvalue weighted by Gasteiger charge is -2.12. The number of ether oxygens (including phenoxy) is 2. The van der Waals surface area contributed by atoms with E-state index >= 15 is 0 Å². The van der Waals surface area contributed by atoms with Gasteiger partial charge in [-0.2, -0.15) is 0 Å². The first-order valence-corrected chi connectivity index (χ1v) is 6.42. The third-order valence-electron chi connectivity index (χ3n) is 3.20. The number of benzene rings is 1. The van der Waals surface area contributed by atoms with Crippen LogP contribution in [0.15, 0.2) is 18.2 Å². The first-order valence-electron chi connectivity index (χ1n) is 6.42. The summed E-state index contributed by atoms with van der Waals surface area (Å²) in [7, 11) is 0. The van der Waals surface area contributed by atoms with Crippen molar-refractivity contribution in [3.63, 3.8) is 0 Å². The number of nitrogens with two attached hydrogens (primary N) is 1. The Morgan fingerprint density at radius 2 is 2.37 bits per heavy atom. The van der Waals surface area contributed by atoms with Gasteiger partial charge in [0.15, 0.2) is 0 Å². The fourth-order valence-electron chi connectivity index (χ4n) is 2.15. The molecule has 1 heterocycles. The van der Waals surface area contributed by atoms with Gasteiger partial charge in [0, 0.05) is 37.3 Å². The van der Waals surface area contributed by atoms with Gasteiger partial charge in [-0.05, 0) is 18.9 Å². The predicted octanol–water partition coefficient (Wildman–Crippen LogP) is 2.00. The molecule has 0 aliphatic carbocycles. The van der Waals surface area contributed by atoms with Crippen LogP contribution in [-0.2, 0) is 11.3 Å². The molecule has 1 atom stereocenters. The zero-order valence-corrected chi connectivity index (χ0v) is 10.7. The summed E-state index contributed by atoms with van der Waals surface area (Å²) in [6, 6.07) is 4.50. The smallest absolute Gasteiger partial charge is 0.270 e. The number of nitro benzene ring substituents is 1. The summed E-state index contributed by atoms with van der Waals surface area (Å²) in [5, 5.41) is 10.7. The highest BCUT2D eigenvalue weighted by molar-refractivity contribution is 5.43.